The van der Waals surface area contributed by atoms with Gasteiger partial charge in [-0.2, -0.15) is 0 Å². The van der Waals surface area contributed by atoms with Crippen LogP contribution in [0, 0.1) is 0 Å². The van der Waals surface area contributed by atoms with Gasteiger partial charge in [0.2, 0.25) is 12.5 Å². The van der Waals surface area contributed by atoms with Crippen molar-refractivity contribution in [1.29, 1.82) is 0 Å². The van der Waals surface area contributed by atoms with Gasteiger partial charge in [0.25, 0.3) is 0 Å². The van der Waals surface area contributed by atoms with Crippen LogP contribution in [-0.2, 0) is 6.54 Å². The normalized spacial score (nSPS) is 12.7. The molecular weight excluding hydrogens is 264 g/mol. The Bertz CT molecular complexity index is 598. The fourth-order valence-electron chi connectivity index (χ4n) is 1.95. The Labute approximate surface area is 115 Å². The molecule has 0 unspecified atom stereocenters. The van der Waals surface area contributed by atoms with E-state index in [1.54, 1.807) is 18.4 Å². The van der Waals surface area contributed by atoms with Crippen LogP contribution in [0.2, 0.25) is 0 Å². The number of thiazole rings is 1. The summed E-state index contributed by atoms with van der Waals surface area (Å²) >= 11 is 1.65. The number of ether oxygens (including phenoxy) is 3. The van der Waals surface area contributed by atoms with Crippen LogP contribution in [0.25, 0.3) is 10.6 Å². The lowest BCUT2D eigenvalue weighted by Crippen LogP contribution is -2.02. The number of benzene rings is 1. The summed E-state index contributed by atoms with van der Waals surface area (Å²) in [5.41, 5.74) is 0.980. The van der Waals surface area contributed by atoms with Crippen LogP contribution < -0.4 is 19.5 Å². The first-order chi connectivity index (χ1) is 9.31. The van der Waals surface area contributed by atoms with Gasteiger partial charge in [-0.1, -0.05) is 0 Å². The molecule has 100 valence electrons. The van der Waals surface area contributed by atoms with Crippen molar-refractivity contribution >= 4 is 11.3 Å². The van der Waals surface area contributed by atoms with Gasteiger partial charge in [0, 0.05) is 23.2 Å². The zero-order chi connectivity index (χ0) is 13.2. The van der Waals surface area contributed by atoms with Gasteiger partial charge in [-0.05, 0) is 19.2 Å². The number of aromatic nitrogens is 1. The van der Waals surface area contributed by atoms with Gasteiger partial charge in [0.1, 0.15) is 5.01 Å². The second-order valence-corrected chi connectivity index (χ2v) is 5.19. The summed E-state index contributed by atoms with van der Waals surface area (Å²) in [5, 5.41) is 4.06. The molecule has 2 aromatic rings. The monoisotopic (exact) mass is 278 g/mol. The minimum Gasteiger partial charge on any atom is -0.493 e. The molecule has 0 spiro atoms. The maximum Gasteiger partial charge on any atom is 0.231 e. The van der Waals surface area contributed by atoms with Gasteiger partial charge in [-0.3, -0.25) is 0 Å². The minimum atomic E-state index is 0.234. The number of fused-ring (bicyclic) bond motifs is 1. The van der Waals surface area contributed by atoms with Gasteiger partial charge in [-0.25, -0.2) is 4.98 Å². The van der Waals surface area contributed by atoms with Gasteiger partial charge >= 0.3 is 0 Å². The van der Waals surface area contributed by atoms with Crippen LogP contribution in [0.5, 0.6) is 17.2 Å². The fraction of sp³-hybridized carbons (Fsp3) is 0.308. The maximum atomic E-state index is 5.42. The Balaban J connectivity index is 2.00. The van der Waals surface area contributed by atoms with Crippen molar-refractivity contribution in [3.05, 3.63) is 23.2 Å². The molecular formula is C13H14N2O3S. The SMILES string of the molecule is CNCc1cnc(-c2cc(OC)c3c(c2)OCO3)s1. The predicted molar refractivity (Wildman–Crippen MR) is 73.0 cm³/mol. The van der Waals surface area contributed by atoms with Gasteiger partial charge < -0.3 is 19.5 Å². The van der Waals surface area contributed by atoms with Crippen molar-refractivity contribution in [1.82, 2.24) is 10.3 Å². The van der Waals surface area contributed by atoms with E-state index in [-0.39, 0.29) is 6.79 Å². The molecule has 6 heteroatoms. The van der Waals surface area contributed by atoms with E-state index in [1.807, 2.05) is 25.4 Å². The highest BCUT2D eigenvalue weighted by Crippen LogP contribution is 2.44. The summed E-state index contributed by atoms with van der Waals surface area (Å²) in [5.74, 6) is 2.05. The largest absolute Gasteiger partial charge is 0.493 e. The van der Waals surface area contributed by atoms with Crippen LogP contribution in [0.15, 0.2) is 18.3 Å². The molecule has 19 heavy (non-hydrogen) atoms. The standard InChI is InChI=1S/C13H14N2O3S/c1-14-5-9-6-15-13(19-9)8-3-10(16-2)12-11(4-8)17-7-18-12/h3-4,6,14H,5,7H2,1-2H3. The Hall–Kier alpha value is -1.79. The summed E-state index contributed by atoms with van der Waals surface area (Å²) in [7, 11) is 3.54. The van der Waals surface area contributed by atoms with Crippen molar-refractivity contribution in [2.45, 2.75) is 6.54 Å². The number of rotatable bonds is 4. The van der Waals surface area contributed by atoms with Crippen molar-refractivity contribution in [3.63, 3.8) is 0 Å². The highest BCUT2D eigenvalue weighted by molar-refractivity contribution is 7.15. The smallest absolute Gasteiger partial charge is 0.231 e. The number of hydrogen-bond donors (Lipinski definition) is 1. The van der Waals surface area contributed by atoms with Crippen LogP contribution in [0.3, 0.4) is 0 Å². The summed E-state index contributed by atoms with van der Waals surface area (Å²) in [6.07, 6.45) is 1.88. The van der Waals surface area contributed by atoms with E-state index in [0.717, 1.165) is 17.1 Å². The van der Waals surface area contributed by atoms with Gasteiger partial charge in [-0.15, -0.1) is 11.3 Å². The third-order valence-corrected chi connectivity index (χ3v) is 3.86. The zero-order valence-corrected chi connectivity index (χ0v) is 11.5. The first kappa shape index (κ1) is 12.3. The molecule has 3 rings (SSSR count). The summed E-state index contributed by atoms with van der Waals surface area (Å²) in [6.45, 7) is 1.05. The van der Waals surface area contributed by atoms with E-state index in [1.165, 1.54) is 4.88 Å². The molecule has 0 radical (unpaired) electrons. The summed E-state index contributed by atoms with van der Waals surface area (Å²) < 4.78 is 16.1. The molecule has 1 aliphatic heterocycles. The summed E-state index contributed by atoms with van der Waals surface area (Å²) in [6, 6.07) is 3.86. The molecule has 1 aliphatic rings. The van der Waals surface area contributed by atoms with E-state index in [2.05, 4.69) is 10.3 Å². The highest BCUT2D eigenvalue weighted by Gasteiger charge is 2.21. The predicted octanol–water partition coefficient (Wildman–Crippen LogP) is 2.27. The molecule has 0 saturated carbocycles. The molecule has 0 saturated heterocycles. The third kappa shape index (κ3) is 2.24. The fourth-order valence-corrected chi connectivity index (χ4v) is 2.86. The third-order valence-electron chi connectivity index (χ3n) is 2.81. The molecule has 5 nitrogen and oxygen atoms in total. The number of nitrogens with one attached hydrogen (secondary N) is 1. The highest BCUT2D eigenvalue weighted by atomic mass is 32.1. The second kappa shape index (κ2) is 5.07. The van der Waals surface area contributed by atoms with Crippen LogP contribution >= 0.6 is 11.3 Å². The summed E-state index contributed by atoms with van der Waals surface area (Å²) in [4.78, 5) is 5.62. The maximum absolute atomic E-state index is 5.42. The lowest BCUT2D eigenvalue weighted by molar-refractivity contribution is 0.171. The van der Waals surface area contributed by atoms with Gasteiger partial charge in [0.15, 0.2) is 11.5 Å². The minimum absolute atomic E-state index is 0.234. The topological polar surface area (TPSA) is 52.6 Å². The van der Waals surface area contributed by atoms with Crippen molar-refractivity contribution < 1.29 is 14.2 Å². The average Bonchev–Trinajstić information content (AvgIpc) is 3.06. The molecule has 0 aliphatic carbocycles. The van der Waals surface area contributed by atoms with E-state index in [0.29, 0.717) is 17.2 Å². The number of hydrogen-bond acceptors (Lipinski definition) is 6. The van der Waals surface area contributed by atoms with Crippen molar-refractivity contribution in [2.75, 3.05) is 21.0 Å². The van der Waals surface area contributed by atoms with E-state index in [4.69, 9.17) is 14.2 Å². The molecule has 0 atom stereocenters. The zero-order valence-electron chi connectivity index (χ0n) is 10.7. The lowest BCUT2D eigenvalue weighted by atomic mass is 10.2. The van der Waals surface area contributed by atoms with E-state index < -0.39 is 0 Å². The Kier molecular flexibility index (Phi) is 3.27. The number of methoxy groups -OCH3 is 1. The van der Waals surface area contributed by atoms with Crippen LogP contribution in [0.1, 0.15) is 4.88 Å². The van der Waals surface area contributed by atoms with E-state index in [9.17, 15) is 0 Å². The molecule has 1 N–H and O–H groups in total. The Morgan fingerprint density at radius 1 is 1.42 bits per heavy atom. The van der Waals surface area contributed by atoms with Crippen molar-refractivity contribution in [3.8, 4) is 27.8 Å². The van der Waals surface area contributed by atoms with Crippen LogP contribution in [-0.4, -0.2) is 25.9 Å². The molecule has 2 heterocycles. The first-order valence-corrected chi connectivity index (χ1v) is 6.71. The Morgan fingerprint density at radius 3 is 3.11 bits per heavy atom. The molecule has 0 fully saturated rings. The molecule has 1 aromatic carbocycles. The van der Waals surface area contributed by atoms with Crippen LogP contribution in [0.4, 0.5) is 0 Å². The second-order valence-electron chi connectivity index (χ2n) is 4.07. The number of nitrogens with zero attached hydrogens (tertiary/aromatic N) is 1. The average molecular weight is 278 g/mol. The molecule has 0 amide bonds. The van der Waals surface area contributed by atoms with Crippen molar-refractivity contribution in [2.24, 2.45) is 0 Å². The lowest BCUT2D eigenvalue weighted by Gasteiger charge is -2.06. The Morgan fingerprint density at radius 2 is 2.32 bits per heavy atom. The molecule has 0 bridgehead atoms. The first-order valence-electron chi connectivity index (χ1n) is 5.89. The quantitative estimate of drug-likeness (QED) is 0.929. The molecule has 1 aromatic heterocycles. The van der Waals surface area contributed by atoms with E-state index >= 15 is 0 Å². The van der Waals surface area contributed by atoms with Gasteiger partial charge in [0.05, 0.1) is 7.11 Å².